The summed E-state index contributed by atoms with van der Waals surface area (Å²) in [6, 6.07) is 7.92. The molecule has 4 nitrogen and oxygen atoms in total. The highest BCUT2D eigenvalue weighted by Crippen LogP contribution is 2.26. The van der Waals surface area contributed by atoms with Crippen LogP contribution in [-0.4, -0.2) is 4.92 Å². The topological polar surface area (TPSA) is 52.4 Å². The van der Waals surface area contributed by atoms with E-state index >= 15 is 0 Å². The first-order chi connectivity index (χ1) is 9.47. The average molecular weight is 344 g/mol. The summed E-state index contributed by atoms with van der Waals surface area (Å²) in [4.78, 5) is 9.97. The van der Waals surface area contributed by atoms with Gasteiger partial charge in [-0.1, -0.05) is 15.9 Å². The minimum absolute atomic E-state index is 0.0230. The second kappa shape index (κ2) is 5.96. The van der Waals surface area contributed by atoms with Gasteiger partial charge in [-0.05, 0) is 29.8 Å². The van der Waals surface area contributed by atoms with Crippen molar-refractivity contribution in [2.24, 2.45) is 0 Å². The smallest absolute Gasteiger partial charge is 0.269 e. The lowest BCUT2D eigenvalue weighted by Gasteiger charge is -2.08. The van der Waals surface area contributed by atoms with Gasteiger partial charge in [0.05, 0.1) is 4.92 Å². The fraction of sp³-hybridized carbons (Fsp3) is 0.0769. The van der Waals surface area contributed by atoms with Crippen molar-refractivity contribution in [3.05, 3.63) is 68.2 Å². The molecule has 0 N–H and O–H groups in total. The van der Waals surface area contributed by atoms with Crippen molar-refractivity contribution >= 4 is 21.6 Å². The lowest BCUT2D eigenvalue weighted by molar-refractivity contribution is -0.384. The van der Waals surface area contributed by atoms with Crippen LogP contribution in [0.15, 0.2) is 40.9 Å². The van der Waals surface area contributed by atoms with Crippen molar-refractivity contribution in [1.29, 1.82) is 0 Å². The van der Waals surface area contributed by atoms with Gasteiger partial charge >= 0.3 is 0 Å². The number of halogens is 3. The Balaban J connectivity index is 2.11. The molecule has 0 fully saturated rings. The third kappa shape index (κ3) is 3.30. The number of nitro groups is 1. The maximum Gasteiger partial charge on any atom is 0.269 e. The first-order valence-electron chi connectivity index (χ1n) is 5.48. The number of non-ortho nitro benzene ring substituents is 1. The van der Waals surface area contributed by atoms with E-state index in [2.05, 4.69) is 15.9 Å². The van der Waals surface area contributed by atoms with Crippen LogP contribution in [0.4, 0.5) is 14.5 Å². The van der Waals surface area contributed by atoms with Gasteiger partial charge in [0.15, 0.2) is 11.6 Å². The molecule has 0 saturated heterocycles. The van der Waals surface area contributed by atoms with Crippen molar-refractivity contribution in [2.45, 2.75) is 6.61 Å². The fourth-order valence-electron chi connectivity index (χ4n) is 1.51. The highest BCUT2D eigenvalue weighted by atomic mass is 79.9. The molecular formula is C13H8BrF2NO3. The second-order valence-corrected chi connectivity index (χ2v) is 4.83. The Kier molecular flexibility index (Phi) is 4.29. The summed E-state index contributed by atoms with van der Waals surface area (Å²) in [5.74, 6) is -2.32. The zero-order valence-corrected chi connectivity index (χ0v) is 11.6. The number of nitro benzene ring substituents is 1. The van der Waals surface area contributed by atoms with E-state index < -0.39 is 16.6 Å². The molecule has 2 rings (SSSR count). The van der Waals surface area contributed by atoms with Crippen LogP contribution in [0.2, 0.25) is 0 Å². The van der Waals surface area contributed by atoms with Gasteiger partial charge in [0.1, 0.15) is 6.61 Å². The van der Waals surface area contributed by atoms with E-state index in [1.165, 1.54) is 30.3 Å². The van der Waals surface area contributed by atoms with E-state index in [-0.39, 0.29) is 18.0 Å². The number of rotatable bonds is 4. The first-order valence-corrected chi connectivity index (χ1v) is 6.27. The molecule has 0 spiro atoms. The highest BCUT2D eigenvalue weighted by molar-refractivity contribution is 9.10. The molecule has 0 heterocycles. The fourth-order valence-corrected chi connectivity index (χ4v) is 1.92. The maximum absolute atomic E-state index is 13.4. The average Bonchev–Trinajstić information content (AvgIpc) is 2.41. The van der Waals surface area contributed by atoms with E-state index in [0.29, 0.717) is 10.0 Å². The Bertz CT molecular complexity index is 647. The van der Waals surface area contributed by atoms with Crippen LogP contribution in [0.25, 0.3) is 0 Å². The van der Waals surface area contributed by atoms with Gasteiger partial charge in [-0.2, -0.15) is 4.39 Å². The molecule has 0 saturated carbocycles. The Labute approximate surface area is 121 Å². The number of benzene rings is 2. The van der Waals surface area contributed by atoms with E-state index in [1.54, 1.807) is 0 Å². The van der Waals surface area contributed by atoms with Crippen LogP contribution in [0.3, 0.4) is 0 Å². The van der Waals surface area contributed by atoms with Crippen molar-refractivity contribution in [3.63, 3.8) is 0 Å². The lowest BCUT2D eigenvalue weighted by Crippen LogP contribution is -1.99. The molecule has 0 unspecified atom stereocenters. The van der Waals surface area contributed by atoms with E-state index in [1.807, 2.05) is 0 Å². The third-order valence-electron chi connectivity index (χ3n) is 2.50. The van der Waals surface area contributed by atoms with Crippen LogP contribution in [0.1, 0.15) is 5.56 Å². The Morgan fingerprint density at radius 1 is 1.20 bits per heavy atom. The van der Waals surface area contributed by atoms with Crippen LogP contribution < -0.4 is 4.74 Å². The molecular weight excluding hydrogens is 336 g/mol. The predicted molar refractivity (Wildman–Crippen MR) is 71.5 cm³/mol. The van der Waals surface area contributed by atoms with Gasteiger partial charge in [-0.15, -0.1) is 0 Å². The number of ether oxygens (including phenoxy) is 1. The maximum atomic E-state index is 13.4. The SMILES string of the molecule is O=[N+]([O-])c1ccc(COc2cc(Br)cc(F)c2F)cc1. The molecule has 0 aliphatic heterocycles. The van der Waals surface area contributed by atoms with Gasteiger partial charge in [0.25, 0.3) is 5.69 Å². The zero-order valence-electron chi connectivity index (χ0n) is 9.98. The molecule has 0 aliphatic rings. The van der Waals surface area contributed by atoms with Crippen molar-refractivity contribution in [1.82, 2.24) is 0 Å². The molecule has 20 heavy (non-hydrogen) atoms. The van der Waals surface area contributed by atoms with E-state index in [4.69, 9.17) is 4.74 Å². The van der Waals surface area contributed by atoms with E-state index in [0.717, 1.165) is 6.07 Å². The molecule has 0 radical (unpaired) electrons. The summed E-state index contributed by atoms with van der Waals surface area (Å²) in [6.45, 7) is -0.0230. The monoisotopic (exact) mass is 343 g/mol. The summed E-state index contributed by atoms with van der Waals surface area (Å²) in [5, 5.41) is 10.5. The minimum Gasteiger partial charge on any atom is -0.486 e. The van der Waals surface area contributed by atoms with Gasteiger partial charge in [0.2, 0.25) is 5.82 Å². The summed E-state index contributed by atoms with van der Waals surface area (Å²) in [5.41, 5.74) is 0.559. The third-order valence-corrected chi connectivity index (χ3v) is 2.96. The lowest BCUT2D eigenvalue weighted by atomic mass is 10.2. The minimum atomic E-state index is -1.07. The Morgan fingerprint density at radius 3 is 2.45 bits per heavy atom. The van der Waals surface area contributed by atoms with E-state index in [9.17, 15) is 18.9 Å². The Hall–Kier alpha value is -2.02. The molecule has 7 heteroatoms. The molecule has 0 atom stereocenters. The number of hydrogen-bond donors (Lipinski definition) is 0. The van der Waals surface area contributed by atoms with Gasteiger partial charge in [0, 0.05) is 16.6 Å². The summed E-state index contributed by atoms with van der Waals surface area (Å²) >= 11 is 3.04. The van der Waals surface area contributed by atoms with Crippen LogP contribution in [0.5, 0.6) is 5.75 Å². The summed E-state index contributed by atoms with van der Waals surface area (Å²) < 4.78 is 32.1. The first kappa shape index (κ1) is 14.4. The molecule has 2 aromatic rings. The highest BCUT2D eigenvalue weighted by Gasteiger charge is 2.12. The summed E-state index contributed by atoms with van der Waals surface area (Å²) in [6.07, 6.45) is 0. The van der Waals surface area contributed by atoms with Crippen molar-refractivity contribution in [3.8, 4) is 5.75 Å². The van der Waals surface area contributed by atoms with Gasteiger partial charge in [-0.25, -0.2) is 4.39 Å². The van der Waals surface area contributed by atoms with Crippen molar-refractivity contribution < 1.29 is 18.4 Å². The van der Waals surface area contributed by atoms with Gasteiger partial charge < -0.3 is 4.74 Å². The molecule has 0 aromatic heterocycles. The van der Waals surface area contributed by atoms with Gasteiger partial charge in [-0.3, -0.25) is 10.1 Å². The molecule has 0 aliphatic carbocycles. The quantitative estimate of drug-likeness (QED) is 0.474. The largest absolute Gasteiger partial charge is 0.486 e. The number of hydrogen-bond acceptors (Lipinski definition) is 3. The molecule has 104 valence electrons. The molecule has 0 bridgehead atoms. The standard InChI is InChI=1S/C13H8BrF2NO3/c14-9-5-11(15)13(16)12(6-9)20-7-8-1-3-10(4-2-8)17(18)19/h1-6H,7H2. The normalized spacial score (nSPS) is 10.3. The Morgan fingerprint density at radius 2 is 1.85 bits per heavy atom. The predicted octanol–water partition coefficient (Wildman–Crippen LogP) is 4.21. The zero-order chi connectivity index (χ0) is 14.7. The van der Waals surface area contributed by atoms with Crippen molar-refractivity contribution in [2.75, 3.05) is 0 Å². The molecule has 2 aromatic carbocycles. The van der Waals surface area contributed by atoms with Crippen LogP contribution in [-0.2, 0) is 6.61 Å². The number of nitrogens with zero attached hydrogens (tertiary/aromatic N) is 1. The van der Waals surface area contributed by atoms with Crippen LogP contribution in [0, 0.1) is 21.7 Å². The van der Waals surface area contributed by atoms with Crippen LogP contribution >= 0.6 is 15.9 Å². The molecule has 0 amide bonds. The summed E-state index contributed by atoms with van der Waals surface area (Å²) in [7, 11) is 0. The second-order valence-electron chi connectivity index (χ2n) is 3.91.